The van der Waals surface area contributed by atoms with Crippen LogP contribution in [0, 0.1) is 0 Å². The molecule has 0 aromatic heterocycles. The molecule has 1 N–H and O–H groups in total. The molecular formula is C11H24N2S. The first-order chi connectivity index (χ1) is 6.75. The molecule has 1 aliphatic heterocycles. The summed E-state index contributed by atoms with van der Waals surface area (Å²) in [6.45, 7) is 4.75. The predicted molar refractivity (Wildman–Crippen MR) is 66.1 cm³/mol. The number of nitrogens with one attached hydrogen (secondary N) is 1. The van der Waals surface area contributed by atoms with Crippen LogP contribution in [0.1, 0.15) is 26.2 Å². The molecule has 2 unspecified atom stereocenters. The number of hydrogen-bond donors (Lipinski definition) is 1. The van der Waals surface area contributed by atoms with Crippen LogP contribution in [-0.4, -0.2) is 49.1 Å². The van der Waals surface area contributed by atoms with E-state index in [1.165, 1.54) is 38.1 Å². The number of thioether (sulfide) groups is 1. The van der Waals surface area contributed by atoms with Gasteiger partial charge in [-0.15, -0.1) is 0 Å². The second kappa shape index (κ2) is 6.70. The van der Waals surface area contributed by atoms with Crippen LogP contribution in [0.2, 0.25) is 0 Å². The van der Waals surface area contributed by atoms with Gasteiger partial charge in [0.2, 0.25) is 0 Å². The Bertz CT molecular complexity index is 144. The zero-order valence-corrected chi connectivity index (χ0v) is 10.6. The summed E-state index contributed by atoms with van der Waals surface area (Å²) < 4.78 is 0. The molecule has 2 atom stereocenters. The Balaban J connectivity index is 2.36. The Hall–Kier alpha value is 0.270. The van der Waals surface area contributed by atoms with Gasteiger partial charge in [-0.05, 0) is 52.6 Å². The molecule has 1 aliphatic rings. The van der Waals surface area contributed by atoms with Gasteiger partial charge in [-0.2, -0.15) is 11.8 Å². The van der Waals surface area contributed by atoms with Gasteiger partial charge in [-0.1, -0.05) is 0 Å². The largest absolute Gasteiger partial charge is 0.317 e. The lowest BCUT2D eigenvalue weighted by molar-refractivity contribution is 0.184. The van der Waals surface area contributed by atoms with E-state index in [1.807, 2.05) is 11.8 Å². The summed E-state index contributed by atoms with van der Waals surface area (Å²) in [6, 6.07) is 1.51. The quantitative estimate of drug-likeness (QED) is 0.771. The SMILES string of the molecule is CSCC(C)N(C)C1CCCNCC1. The number of rotatable bonds is 4. The van der Waals surface area contributed by atoms with Gasteiger partial charge in [0.05, 0.1) is 0 Å². The monoisotopic (exact) mass is 216 g/mol. The molecule has 0 spiro atoms. The van der Waals surface area contributed by atoms with E-state index in [4.69, 9.17) is 0 Å². The summed E-state index contributed by atoms with van der Waals surface area (Å²) in [5, 5.41) is 3.47. The molecule has 2 nitrogen and oxygen atoms in total. The van der Waals surface area contributed by atoms with Crippen LogP contribution in [0.5, 0.6) is 0 Å². The molecule has 0 radical (unpaired) electrons. The third kappa shape index (κ3) is 3.79. The Morgan fingerprint density at radius 2 is 2.21 bits per heavy atom. The van der Waals surface area contributed by atoms with E-state index >= 15 is 0 Å². The second-order valence-corrected chi connectivity index (χ2v) is 5.22. The minimum atomic E-state index is 0.716. The summed E-state index contributed by atoms with van der Waals surface area (Å²) in [6.07, 6.45) is 6.21. The van der Waals surface area contributed by atoms with Gasteiger partial charge in [0.15, 0.2) is 0 Å². The smallest absolute Gasteiger partial charge is 0.0157 e. The second-order valence-electron chi connectivity index (χ2n) is 4.30. The average molecular weight is 216 g/mol. The highest BCUT2D eigenvalue weighted by Crippen LogP contribution is 2.15. The highest BCUT2D eigenvalue weighted by Gasteiger charge is 2.20. The van der Waals surface area contributed by atoms with Crippen molar-refractivity contribution in [3.63, 3.8) is 0 Å². The fourth-order valence-electron chi connectivity index (χ4n) is 2.13. The van der Waals surface area contributed by atoms with Crippen LogP contribution in [-0.2, 0) is 0 Å². The summed E-state index contributed by atoms with van der Waals surface area (Å²) in [5.74, 6) is 1.25. The van der Waals surface area contributed by atoms with Crippen molar-refractivity contribution in [1.29, 1.82) is 0 Å². The van der Waals surface area contributed by atoms with Gasteiger partial charge in [-0.3, -0.25) is 4.90 Å². The highest BCUT2D eigenvalue weighted by atomic mass is 32.2. The molecule has 14 heavy (non-hydrogen) atoms. The van der Waals surface area contributed by atoms with Crippen molar-refractivity contribution in [1.82, 2.24) is 10.2 Å². The lowest BCUT2D eigenvalue weighted by Gasteiger charge is -2.32. The molecule has 0 bridgehead atoms. The molecule has 84 valence electrons. The van der Waals surface area contributed by atoms with E-state index in [9.17, 15) is 0 Å². The predicted octanol–water partition coefficient (Wildman–Crippen LogP) is 1.81. The van der Waals surface area contributed by atoms with Gasteiger partial charge < -0.3 is 5.32 Å². The number of nitrogens with zero attached hydrogens (tertiary/aromatic N) is 1. The van der Waals surface area contributed by atoms with Crippen LogP contribution >= 0.6 is 11.8 Å². The van der Waals surface area contributed by atoms with Gasteiger partial charge >= 0.3 is 0 Å². The van der Waals surface area contributed by atoms with E-state index in [2.05, 4.69) is 30.4 Å². The van der Waals surface area contributed by atoms with Crippen molar-refractivity contribution in [3.8, 4) is 0 Å². The Morgan fingerprint density at radius 3 is 2.93 bits per heavy atom. The first-order valence-electron chi connectivity index (χ1n) is 5.67. The third-order valence-corrected chi connectivity index (χ3v) is 4.04. The van der Waals surface area contributed by atoms with Crippen molar-refractivity contribution >= 4 is 11.8 Å². The molecule has 0 amide bonds. The maximum Gasteiger partial charge on any atom is 0.0157 e. The summed E-state index contributed by atoms with van der Waals surface area (Å²) in [4.78, 5) is 2.57. The molecule has 0 aromatic rings. The maximum absolute atomic E-state index is 3.47. The lowest BCUT2D eigenvalue weighted by atomic mass is 10.1. The Kier molecular flexibility index (Phi) is 5.90. The zero-order valence-electron chi connectivity index (χ0n) is 9.75. The first kappa shape index (κ1) is 12.3. The van der Waals surface area contributed by atoms with E-state index < -0.39 is 0 Å². The van der Waals surface area contributed by atoms with Gasteiger partial charge in [0.25, 0.3) is 0 Å². The summed E-state index contributed by atoms with van der Waals surface area (Å²) in [7, 11) is 2.29. The highest BCUT2D eigenvalue weighted by molar-refractivity contribution is 7.98. The van der Waals surface area contributed by atoms with E-state index in [0.717, 1.165) is 6.04 Å². The van der Waals surface area contributed by atoms with Crippen LogP contribution in [0.25, 0.3) is 0 Å². The molecule has 1 fully saturated rings. The minimum Gasteiger partial charge on any atom is -0.317 e. The lowest BCUT2D eigenvalue weighted by Crippen LogP contribution is -2.40. The molecule has 1 heterocycles. The van der Waals surface area contributed by atoms with Crippen LogP contribution in [0.3, 0.4) is 0 Å². The Labute approximate surface area is 92.8 Å². The fraction of sp³-hybridized carbons (Fsp3) is 1.00. The first-order valence-corrected chi connectivity index (χ1v) is 7.06. The standard InChI is InChI=1S/C11H24N2S/c1-10(9-14-3)13(2)11-5-4-7-12-8-6-11/h10-12H,4-9H2,1-3H3. The normalized spacial score (nSPS) is 26.1. The molecular weight excluding hydrogens is 192 g/mol. The molecule has 1 saturated heterocycles. The van der Waals surface area contributed by atoms with Crippen LogP contribution < -0.4 is 5.32 Å². The number of hydrogen-bond acceptors (Lipinski definition) is 3. The van der Waals surface area contributed by atoms with Crippen molar-refractivity contribution in [2.24, 2.45) is 0 Å². The van der Waals surface area contributed by atoms with Crippen molar-refractivity contribution < 1.29 is 0 Å². The fourth-order valence-corrected chi connectivity index (χ4v) is 2.84. The molecule has 1 rings (SSSR count). The Morgan fingerprint density at radius 1 is 1.43 bits per heavy atom. The molecule has 3 heteroatoms. The van der Waals surface area contributed by atoms with E-state index in [-0.39, 0.29) is 0 Å². The zero-order chi connectivity index (χ0) is 10.4. The van der Waals surface area contributed by atoms with E-state index in [1.54, 1.807) is 0 Å². The van der Waals surface area contributed by atoms with Gasteiger partial charge in [-0.25, -0.2) is 0 Å². The topological polar surface area (TPSA) is 15.3 Å². The van der Waals surface area contributed by atoms with Crippen molar-refractivity contribution in [2.75, 3.05) is 32.1 Å². The maximum atomic E-state index is 3.47. The van der Waals surface area contributed by atoms with Crippen molar-refractivity contribution in [2.45, 2.75) is 38.3 Å². The van der Waals surface area contributed by atoms with Gasteiger partial charge in [0.1, 0.15) is 0 Å². The average Bonchev–Trinajstić information content (AvgIpc) is 2.45. The summed E-state index contributed by atoms with van der Waals surface area (Å²) >= 11 is 1.95. The molecule has 0 aromatic carbocycles. The summed E-state index contributed by atoms with van der Waals surface area (Å²) in [5.41, 5.74) is 0. The van der Waals surface area contributed by atoms with E-state index in [0.29, 0.717) is 6.04 Å². The van der Waals surface area contributed by atoms with Gasteiger partial charge in [0, 0.05) is 17.8 Å². The molecule has 0 saturated carbocycles. The molecule has 0 aliphatic carbocycles. The van der Waals surface area contributed by atoms with Crippen molar-refractivity contribution in [3.05, 3.63) is 0 Å². The van der Waals surface area contributed by atoms with Crippen LogP contribution in [0.4, 0.5) is 0 Å². The third-order valence-electron chi connectivity index (χ3n) is 3.22. The van der Waals surface area contributed by atoms with Crippen LogP contribution in [0.15, 0.2) is 0 Å². The minimum absolute atomic E-state index is 0.716.